The molecule has 3 heterocycles. The molecule has 7 heteroatoms. The summed E-state index contributed by atoms with van der Waals surface area (Å²) in [4.78, 5) is 0. The summed E-state index contributed by atoms with van der Waals surface area (Å²) >= 11 is 0. The monoisotopic (exact) mass is 442 g/mol. The van der Waals surface area contributed by atoms with Crippen molar-refractivity contribution in [1.29, 1.82) is 5.26 Å². The number of halogens is 1. The van der Waals surface area contributed by atoms with Gasteiger partial charge in [0.25, 0.3) is 0 Å². The molecule has 0 saturated carbocycles. The fourth-order valence-corrected chi connectivity index (χ4v) is 3.16. The molecule has 1 aromatic heterocycles. The number of hydroxylamine groups is 2. The van der Waals surface area contributed by atoms with Crippen LogP contribution in [0.25, 0.3) is 10.9 Å². The largest absolute Gasteiger partial charge is 0.656 e. The molecule has 1 fully saturated rings. The summed E-state index contributed by atoms with van der Waals surface area (Å²) in [5.41, 5.74) is 3.74. The molecule has 0 bridgehead atoms. The maximum Gasteiger partial charge on any atom is 0.123 e. The van der Waals surface area contributed by atoms with Crippen LogP contribution in [0.2, 0.25) is 0 Å². The number of nitriles is 1. The van der Waals surface area contributed by atoms with Crippen LogP contribution in [0, 0.1) is 17.1 Å². The Bertz CT molecular complexity index is 780. The van der Waals surface area contributed by atoms with Gasteiger partial charge in [-0.2, -0.15) is 10.3 Å². The molecule has 5 nitrogen and oxygen atoms in total. The van der Waals surface area contributed by atoms with Gasteiger partial charge in [0.2, 0.25) is 0 Å². The SMILES string of the molecule is N#CC(=C1CCN(O)CC1)c1ccc(F)cc1.[Y].c1cc2n(c1)CC[N-]C2. The van der Waals surface area contributed by atoms with E-state index in [0.717, 1.165) is 30.8 Å². The Labute approximate surface area is 184 Å². The fraction of sp³-hybridized carbons (Fsp3) is 0.350. The summed E-state index contributed by atoms with van der Waals surface area (Å²) in [6, 6.07) is 12.3. The minimum atomic E-state index is -0.304. The molecule has 0 aliphatic carbocycles. The molecule has 1 radical (unpaired) electrons. The van der Waals surface area contributed by atoms with E-state index in [2.05, 4.69) is 34.3 Å². The van der Waals surface area contributed by atoms with Crippen molar-refractivity contribution in [2.24, 2.45) is 0 Å². The standard InChI is InChI=1S/C13H13FN2O.C7H9N2.Y/c14-12-3-1-10(2-4-12)13(9-15)11-5-7-16(17)8-6-11;1-2-7-6-8-3-5-9(7)4-1;/h1-4,17H,5-8H2;1-2,4H,3,5-6H2;/q;-1;. The van der Waals surface area contributed by atoms with Gasteiger partial charge in [0.15, 0.2) is 0 Å². The molecular formula is C20H22FN4OY-. The Morgan fingerprint density at radius 3 is 2.44 bits per heavy atom. The van der Waals surface area contributed by atoms with Crippen molar-refractivity contribution >= 4 is 5.57 Å². The van der Waals surface area contributed by atoms with Crippen molar-refractivity contribution in [3.8, 4) is 6.07 Å². The van der Waals surface area contributed by atoms with Crippen LogP contribution in [0.3, 0.4) is 0 Å². The molecule has 0 unspecified atom stereocenters. The summed E-state index contributed by atoms with van der Waals surface area (Å²) in [6.07, 6.45) is 3.47. The van der Waals surface area contributed by atoms with Crippen molar-refractivity contribution in [3.05, 3.63) is 70.6 Å². The quantitative estimate of drug-likeness (QED) is 0.680. The Hall–Kier alpha value is -1.36. The van der Waals surface area contributed by atoms with E-state index in [-0.39, 0.29) is 38.5 Å². The zero-order valence-corrected chi connectivity index (χ0v) is 18.0. The van der Waals surface area contributed by atoms with E-state index in [1.54, 1.807) is 12.1 Å². The first-order valence-corrected chi connectivity index (χ1v) is 8.76. The second-order valence-corrected chi connectivity index (χ2v) is 6.35. The summed E-state index contributed by atoms with van der Waals surface area (Å²) in [7, 11) is 0. The van der Waals surface area contributed by atoms with Gasteiger partial charge in [-0.1, -0.05) is 12.1 Å². The van der Waals surface area contributed by atoms with Crippen LogP contribution in [0.1, 0.15) is 24.1 Å². The first-order chi connectivity index (χ1) is 12.7. The molecule has 2 aliphatic heterocycles. The maximum absolute atomic E-state index is 12.8. The number of benzene rings is 1. The molecule has 1 aromatic carbocycles. The summed E-state index contributed by atoms with van der Waals surface area (Å²) in [6.45, 7) is 4.06. The van der Waals surface area contributed by atoms with Crippen LogP contribution < -0.4 is 0 Å². The summed E-state index contributed by atoms with van der Waals surface area (Å²) in [5.74, 6) is -0.304. The van der Waals surface area contributed by atoms with Gasteiger partial charge in [0.05, 0.1) is 11.6 Å². The molecule has 1 N–H and O–H groups in total. The third kappa shape index (κ3) is 6.07. The molecule has 4 rings (SSSR count). The maximum atomic E-state index is 12.8. The third-order valence-electron chi connectivity index (χ3n) is 4.64. The number of hydrogen-bond donors (Lipinski definition) is 1. The zero-order valence-electron chi connectivity index (χ0n) is 15.2. The predicted molar refractivity (Wildman–Crippen MR) is 97.9 cm³/mol. The number of nitrogens with zero attached hydrogens (tertiary/aromatic N) is 4. The topological polar surface area (TPSA) is 66.3 Å². The Morgan fingerprint density at radius 1 is 1.11 bits per heavy atom. The third-order valence-corrected chi connectivity index (χ3v) is 4.64. The van der Waals surface area contributed by atoms with E-state index in [0.29, 0.717) is 31.5 Å². The zero-order chi connectivity index (χ0) is 18.4. The Morgan fingerprint density at radius 2 is 1.81 bits per heavy atom. The van der Waals surface area contributed by atoms with Crippen molar-refractivity contribution in [2.75, 3.05) is 19.6 Å². The van der Waals surface area contributed by atoms with Crippen molar-refractivity contribution in [2.45, 2.75) is 25.9 Å². The number of hydrogen-bond acceptors (Lipinski definition) is 3. The first kappa shape index (κ1) is 21.9. The van der Waals surface area contributed by atoms with E-state index in [9.17, 15) is 14.9 Å². The van der Waals surface area contributed by atoms with Crippen LogP contribution in [0.5, 0.6) is 0 Å². The average Bonchev–Trinajstić information content (AvgIpc) is 3.15. The molecule has 27 heavy (non-hydrogen) atoms. The molecule has 0 atom stereocenters. The minimum absolute atomic E-state index is 0. The van der Waals surface area contributed by atoms with Crippen LogP contribution in [-0.4, -0.2) is 34.5 Å². The van der Waals surface area contributed by atoms with Gasteiger partial charge in [0, 0.05) is 58.5 Å². The van der Waals surface area contributed by atoms with E-state index in [1.807, 2.05) is 0 Å². The van der Waals surface area contributed by atoms with Crippen molar-refractivity contribution < 1.29 is 42.3 Å². The van der Waals surface area contributed by atoms with Crippen LogP contribution in [-0.2, 0) is 45.8 Å². The normalized spacial score (nSPS) is 16.3. The number of rotatable bonds is 1. The minimum Gasteiger partial charge on any atom is -0.656 e. The number of aromatic nitrogens is 1. The fourth-order valence-electron chi connectivity index (χ4n) is 3.16. The van der Waals surface area contributed by atoms with Crippen molar-refractivity contribution in [3.63, 3.8) is 0 Å². The average molecular weight is 442 g/mol. The number of piperidine rings is 1. The van der Waals surface area contributed by atoms with Gasteiger partial charge < -0.3 is 15.1 Å². The Kier molecular flexibility index (Phi) is 8.81. The van der Waals surface area contributed by atoms with Crippen molar-refractivity contribution in [1.82, 2.24) is 9.63 Å². The van der Waals surface area contributed by atoms with Crippen LogP contribution >= 0.6 is 0 Å². The molecular weight excluding hydrogens is 420 g/mol. The van der Waals surface area contributed by atoms with E-state index in [1.165, 1.54) is 22.9 Å². The number of fused-ring (bicyclic) bond motifs is 1. The van der Waals surface area contributed by atoms with Gasteiger partial charge in [-0.15, -0.1) is 13.1 Å². The van der Waals surface area contributed by atoms with Crippen LogP contribution in [0.15, 0.2) is 48.2 Å². The summed E-state index contributed by atoms with van der Waals surface area (Å²) < 4.78 is 15.1. The van der Waals surface area contributed by atoms with E-state index >= 15 is 0 Å². The second kappa shape index (κ2) is 10.8. The molecule has 2 aliphatic rings. The second-order valence-electron chi connectivity index (χ2n) is 6.35. The summed E-state index contributed by atoms with van der Waals surface area (Å²) in [5, 5.41) is 24.0. The Balaban J connectivity index is 0.000000220. The van der Waals surface area contributed by atoms with Gasteiger partial charge >= 0.3 is 0 Å². The van der Waals surface area contributed by atoms with Gasteiger partial charge in [-0.3, -0.25) is 0 Å². The molecule has 2 aromatic rings. The number of allylic oxidation sites excluding steroid dienone is 1. The first-order valence-electron chi connectivity index (χ1n) is 8.76. The smallest absolute Gasteiger partial charge is 0.123 e. The molecule has 139 valence electrons. The van der Waals surface area contributed by atoms with Gasteiger partial charge in [-0.25, -0.2) is 4.39 Å². The molecule has 0 spiro atoms. The predicted octanol–water partition coefficient (Wildman–Crippen LogP) is 3.96. The molecule has 1 saturated heterocycles. The van der Waals surface area contributed by atoms with Gasteiger partial charge in [0.1, 0.15) is 5.82 Å². The van der Waals surface area contributed by atoms with E-state index < -0.39 is 0 Å². The molecule has 0 amide bonds. The van der Waals surface area contributed by atoms with Crippen LogP contribution in [0.4, 0.5) is 4.39 Å². The van der Waals surface area contributed by atoms with Gasteiger partial charge in [-0.05, 0) is 53.9 Å². The van der Waals surface area contributed by atoms with E-state index in [4.69, 9.17) is 0 Å².